The molecule has 0 spiro atoms. The summed E-state index contributed by atoms with van der Waals surface area (Å²) < 4.78 is 5.29. The number of nitrogens with zero attached hydrogens (tertiary/aromatic N) is 3. The first kappa shape index (κ1) is 21.5. The average molecular weight is 411 g/mol. The van der Waals surface area contributed by atoms with Crippen molar-refractivity contribution in [1.82, 2.24) is 15.1 Å². The fraction of sp³-hybridized carbons (Fsp3) is 0.391. The van der Waals surface area contributed by atoms with E-state index in [2.05, 4.69) is 16.3 Å². The molecular weight excluding hydrogens is 380 g/mol. The minimum absolute atomic E-state index is 0.0753. The van der Waals surface area contributed by atoms with Crippen LogP contribution in [0.4, 0.5) is 10.5 Å². The van der Waals surface area contributed by atoms with Gasteiger partial charge in [-0.05, 0) is 17.7 Å². The summed E-state index contributed by atoms with van der Waals surface area (Å²) in [5.41, 5.74) is 2.18. The molecule has 0 bridgehead atoms. The molecule has 1 aliphatic rings. The fourth-order valence-electron chi connectivity index (χ4n) is 3.52. The summed E-state index contributed by atoms with van der Waals surface area (Å²) in [6.45, 7) is 3.80. The zero-order valence-corrected chi connectivity index (χ0v) is 17.7. The van der Waals surface area contributed by atoms with E-state index in [-0.39, 0.29) is 11.9 Å². The topological polar surface area (TPSA) is 65.1 Å². The second-order valence-corrected chi connectivity index (χ2v) is 7.39. The van der Waals surface area contributed by atoms with Gasteiger partial charge in [-0.2, -0.15) is 0 Å². The number of anilines is 1. The van der Waals surface area contributed by atoms with Crippen molar-refractivity contribution in [3.8, 4) is 5.75 Å². The van der Waals surface area contributed by atoms with Crippen molar-refractivity contribution < 1.29 is 14.3 Å². The molecule has 160 valence electrons. The minimum atomic E-state index is -0.172. The van der Waals surface area contributed by atoms with Gasteiger partial charge in [-0.15, -0.1) is 0 Å². The van der Waals surface area contributed by atoms with Crippen molar-refractivity contribution >= 4 is 17.6 Å². The van der Waals surface area contributed by atoms with Gasteiger partial charge < -0.3 is 24.8 Å². The number of amides is 3. The van der Waals surface area contributed by atoms with Crippen molar-refractivity contribution in [2.75, 3.05) is 51.8 Å². The van der Waals surface area contributed by atoms with E-state index in [0.29, 0.717) is 32.6 Å². The SMILES string of the molecule is COc1cccc(N2CCN(C(=O)CCNC(=O)N(C)Cc3ccccc3)CC2)c1. The van der Waals surface area contributed by atoms with Crippen LogP contribution in [-0.2, 0) is 11.3 Å². The van der Waals surface area contributed by atoms with E-state index in [4.69, 9.17) is 4.74 Å². The third-order valence-electron chi connectivity index (χ3n) is 5.28. The normalized spacial score (nSPS) is 13.7. The van der Waals surface area contributed by atoms with Crippen LogP contribution in [0.15, 0.2) is 54.6 Å². The molecule has 0 radical (unpaired) electrons. The lowest BCUT2D eigenvalue weighted by Gasteiger charge is -2.36. The molecule has 0 aromatic heterocycles. The van der Waals surface area contributed by atoms with E-state index in [1.54, 1.807) is 19.1 Å². The molecule has 2 aromatic carbocycles. The number of piperazine rings is 1. The Labute approximate surface area is 178 Å². The lowest BCUT2D eigenvalue weighted by atomic mass is 10.2. The first-order chi connectivity index (χ1) is 14.6. The van der Waals surface area contributed by atoms with Crippen molar-refractivity contribution in [3.63, 3.8) is 0 Å². The van der Waals surface area contributed by atoms with Crippen LogP contribution in [0.2, 0.25) is 0 Å². The van der Waals surface area contributed by atoms with Crippen LogP contribution >= 0.6 is 0 Å². The minimum Gasteiger partial charge on any atom is -0.497 e. The number of hydrogen-bond donors (Lipinski definition) is 1. The molecule has 30 heavy (non-hydrogen) atoms. The predicted octanol–water partition coefficient (Wildman–Crippen LogP) is 2.58. The van der Waals surface area contributed by atoms with Crippen LogP contribution in [0.25, 0.3) is 0 Å². The Hall–Kier alpha value is -3.22. The Morgan fingerprint density at radius 2 is 1.77 bits per heavy atom. The maximum absolute atomic E-state index is 12.5. The molecule has 1 fully saturated rings. The van der Waals surface area contributed by atoms with Gasteiger partial charge in [0, 0.05) is 64.5 Å². The molecule has 3 rings (SSSR count). The molecule has 0 aliphatic carbocycles. The highest BCUT2D eigenvalue weighted by Crippen LogP contribution is 2.22. The van der Waals surface area contributed by atoms with Crippen LogP contribution in [-0.4, -0.2) is 68.6 Å². The van der Waals surface area contributed by atoms with E-state index in [1.807, 2.05) is 53.4 Å². The third kappa shape index (κ3) is 5.89. The van der Waals surface area contributed by atoms with Gasteiger partial charge in [-0.25, -0.2) is 4.79 Å². The number of ether oxygens (including phenoxy) is 1. The van der Waals surface area contributed by atoms with Gasteiger partial charge in [-0.1, -0.05) is 36.4 Å². The number of methoxy groups -OCH3 is 1. The quantitative estimate of drug-likeness (QED) is 0.762. The number of benzene rings is 2. The van der Waals surface area contributed by atoms with Crippen LogP contribution in [0.3, 0.4) is 0 Å². The van der Waals surface area contributed by atoms with Gasteiger partial charge in [-0.3, -0.25) is 4.79 Å². The zero-order valence-electron chi connectivity index (χ0n) is 17.7. The summed E-state index contributed by atoms with van der Waals surface area (Å²) in [6.07, 6.45) is 0.310. The van der Waals surface area contributed by atoms with E-state index >= 15 is 0 Å². The van der Waals surface area contributed by atoms with E-state index in [9.17, 15) is 9.59 Å². The second-order valence-electron chi connectivity index (χ2n) is 7.39. The molecular formula is C23H30N4O3. The van der Waals surface area contributed by atoms with Crippen LogP contribution in [0.1, 0.15) is 12.0 Å². The Morgan fingerprint density at radius 3 is 2.47 bits per heavy atom. The second kappa shape index (κ2) is 10.5. The van der Waals surface area contributed by atoms with Gasteiger partial charge in [0.15, 0.2) is 0 Å². The average Bonchev–Trinajstić information content (AvgIpc) is 2.79. The Kier molecular flexibility index (Phi) is 7.54. The maximum atomic E-state index is 12.5. The van der Waals surface area contributed by atoms with Crippen LogP contribution < -0.4 is 15.0 Å². The Bertz CT molecular complexity index is 835. The van der Waals surface area contributed by atoms with Crippen molar-refractivity contribution in [1.29, 1.82) is 0 Å². The maximum Gasteiger partial charge on any atom is 0.317 e. The van der Waals surface area contributed by atoms with Gasteiger partial charge in [0.1, 0.15) is 5.75 Å². The Balaban J connectivity index is 1.38. The van der Waals surface area contributed by atoms with Crippen molar-refractivity contribution in [3.05, 3.63) is 60.2 Å². The number of rotatable bonds is 7. The molecule has 0 unspecified atom stereocenters. The van der Waals surface area contributed by atoms with Crippen LogP contribution in [0, 0.1) is 0 Å². The molecule has 7 heteroatoms. The van der Waals surface area contributed by atoms with Crippen LogP contribution in [0.5, 0.6) is 5.75 Å². The fourth-order valence-corrected chi connectivity index (χ4v) is 3.52. The number of hydrogen-bond acceptors (Lipinski definition) is 4. The van der Waals surface area contributed by atoms with E-state index in [0.717, 1.165) is 30.1 Å². The van der Waals surface area contributed by atoms with Gasteiger partial charge >= 0.3 is 6.03 Å². The molecule has 3 amide bonds. The molecule has 2 aromatic rings. The predicted molar refractivity (Wildman–Crippen MR) is 118 cm³/mol. The first-order valence-electron chi connectivity index (χ1n) is 10.3. The molecule has 1 saturated heterocycles. The van der Waals surface area contributed by atoms with E-state index < -0.39 is 0 Å². The summed E-state index contributed by atoms with van der Waals surface area (Å²) >= 11 is 0. The largest absolute Gasteiger partial charge is 0.497 e. The molecule has 7 nitrogen and oxygen atoms in total. The standard InChI is InChI=1S/C23H30N4O3/c1-25(18-19-7-4-3-5-8-19)23(29)24-12-11-22(28)27-15-13-26(14-16-27)20-9-6-10-21(17-20)30-2/h3-10,17H,11-16,18H2,1-2H3,(H,24,29). The summed E-state index contributed by atoms with van der Waals surface area (Å²) in [5, 5.41) is 2.84. The zero-order chi connectivity index (χ0) is 21.3. The summed E-state index contributed by atoms with van der Waals surface area (Å²) in [6, 6.07) is 17.6. The van der Waals surface area contributed by atoms with Crippen molar-refractivity contribution in [2.45, 2.75) is 13.0 Å². The lowest BCUT2D eigenvalue weighted by molar-refractivity contribution is -0.131. The van der Waals surface area contributed by atoms with E-state index in [1.165, 1.54) is 0 Å². The number of nitrogens with one attached hydrogen (secondary N) is 1. The van der Waals surface area contributed by atoms with Gasteiger partial charge in [0.2, 0.25) is 5.91 Å². The molecule has 0 atom stereocenters. The van der Waals surface area contributed by atoms with Gasteiger partial charge in [0.25, 0.3) is 0 Å². The smallest absolute Gasteiger partial charge is 0.317 e. The first-order valence-corrected chi connectivity index (χ1v) is 10.3. The highest BCUT2D eigenvalue weighted by Gasteiger charge is 2.21. The molecule has 1 N–H and O–H groups in total. The lowest BCUT2D eigenvalue weighted by Crippen LogP contribution is -2.49. The summed E-state index contributed by atoms with van der Waals surface area (Å²) in [7, 11) is 3.41. The number of urea groups is 1. The summed E-state index contributed by atoms with van der Waals surface area (Å²) in [4.78, 5) is 30.5. The number of carbonyl (C=O) groups is 2. The third-order valence-corrected chi connectivity index (χ3v) is 5.28. The monoisotopic (exact) mass is 410 g/mol. The highest BCUT2D eigenvalue weighted by molar-refractivity contribution is 5.78. The number of carbonyl (C=O) groups excluding carboxylic acids is 2. The van der Waals surface area contributed by atoms with Crippen molar-refractivity contribution in [2.24, 2.45) is 0 Å². The molecule has 1 heterocycles. The molecule has 1 aliphatic heterocycles. The molecule has 0 saturated carbocycles. The Morgan fingerprint density at radius 1 is 1.03 bits per heavy atom. The highest BCUT2D eigenvalue weighted by atomic mass is 16.5. The summed E-state index contributed by atoms with van der Waals surface area (Å²) in [5.74, 6) is 0.908. The van der Waals surface area contributed by atoms with Gasteiger partial charge in [0.05, 0.1) is 7.11 Å².